The Morgan fingerprint density at radius 1 is 1.25 bits per heavy atom. The van der Waals surface area contributed by atoms with E-state index in [1.807, 2.05) is 0 Å². The number of amides is 2. The summed E-state index contributed by atoms with van der Waals surface area (Å²) in [5.74, 6) is -2.44. The quantitative estimate of drug-likeness (QED) is 0.805. The van der Waals surface area contributed by atoms with Gasteiger partial charge in [-0.3, -0.25) is 9.59 Å². The second-order valence-electron chi connectivity index (χ2n) is 6.69. The van der Waals surface area contributed by atoms with Gasteiger partial charge >= 0.3 is 5.97 Å². The predicted molar refractivity (Wildman–Crippen MR) is 86.0 cm³/mol. The smallest absolute Gasteiger partial charge is 0.327 e. The highest BCUT2D eigenvalue weighted by Gasteiger charge is 2.70. The lowest BCUT2D eigenvalue weighted by Gasteiger charge is -2.51. The number of carboxylic acid groups (broad SMARTS) is 1. The van der Waals surface area contributed by atoms with Gasteiger partial charge in [-0.05, 0) is 45.0 Å². The molecule has 2 saturated heterocycles. The van der Waals surface area contributed by atoms with Gasteiger partial charge in [0, 0.05) is 10.3 Å². The molecule has 0 spiro atoms. The minimum Gasteiger partial charge on any atom is -0.480 e. The second kappa shape index (κ2) is 5.20. The third-order valence-corrected chi connectivity index (χ3v) is 6.24. The first-order valence-electron chi connectivity index (χ1n) is 7.39. The normalized spacial score (nSPS) is 30.5. The van der Waals surface area contributed by atoms with E-state index in [2.05, 4.69) is 5.32 Å². The molecule has 0 aliphatic carbocycles. The number of hydrogen-bond acceptors (Lipinski definition) is 4. The Morgan fingerprint density at radius 2 is 1.83 bits per heavy atom. The van der Waals surface area contributed by atoms with Gasteiger partial charge in [-0.2, -0.15) is 0 Å². The first-order valence-corrected chi connectivity index (χ1v) is 8.27. The monoisotopic (exact) mass is 352 g/mol. The molecule has 2 aliphatic heterocycles. The Morgan fingerprint density at radius 3 is 2.38 bits per heavy atom. The van der Waals surface area contributed by atoms with Crippen molar-refractivity contribution in [2.75, 3.05) is 0 Å². The van der Waals surface area contributed by atoms with Crippen LogP contribution in [0.1, 0.15) is 31.1 Å². The van der Waals surface area contributed by atoms with Crippen molar-refractivity contribution < 1.29 is 23.9 Å². The Hall–Kier alpha value is -2.09. The Labute approximate surface area is 142 Å². The van der Waals surface area contributed by atoms with Crippen LogP contribution in [0.15, 0.2) is 24.3 Å². The number of carboxylic acids is 1. The molecule has 2 N–H and O–H groups in total. The van der Waals surface area contributed by atoms with Crippen molar-refractivity contribution in [3.63, 3.8) is 0 Å². The van der Waals surface area contributed by atoms with E-state index in [-0.39, 0.29) is 5.56 Å². The molecule has 1 aromatic rings. The summed E-state index contributed by atoms with van der Waals surface area (Å²) >= 11 is 1.35. The van der Waals surface area contributed by atoms with Gasteiger partial charge in [0.2, 0.25) is 0 Å². The summed E-state index contributed by atoms with van der Waals surface area (Å²) in [6.45, 7) is 5.12. The van der Waals surface area contributed by atoms with Crippen molar-refractivity contribution in [3.05, 3.63) is 35.6 Å². The molecule has 1 aromatic carbocycles. The number of carbonyl (C=O) groups excluding carboxylic acids is 2. The van der Waals surface area contributed by atoms with Gasteiger partial charge in [0.15, 0.2) is 0 Å². The fourth-order valence-corrected chi connectivity index (χ4v) is 4.89. The maximum absolute atomic E-state index is 13.0. The maximum Gasteiger partial charge on any atom is 0.327 e. The number of thioether (sulfide) groups is 1. The van der Waals surface area contributed by atoms with Crippen LogP contribution in [0.5, 0.6) is 0 Å². The summed E-state index contributed by atoms with van der Waals surface area (Å²) in [5.41, 5.74) is -0.946. The zero-order valence-corrected chi connectivity index (χ0v) is 14.2. The summed E-state index contributed by atoms with van der Waals surface area (Å²) < 4.78 is 12.3. The van der Waals surface area contributed by atoms with Gasteiger partial charge in [0.25, 0.3) is 11.8 Å². The van der Waals surface area contributed by atoms with Crippen molar-refractivity contribution in [1.29, 1.82) is 0 Å². The van der Waals surface area contributed by atoms with Crippen LogP contribution in [0.3, 0.4) is 0 Å². The van der Waals surface area contributed by atoms with Crippen LogP contribution in [0, 0.1) is 5.82 Å². The molecule has 0 saturated carbocycles. The topological polar surface area (TPSA) is 86.7 Å². The molecule has 2 aliphatic rings. The van der Waals surface area contributed by atoms with Gasteiger partial charge in [0.1, 0.15) is 22.8 Å². The zero-order valence-electron chi connectivity index (χ0n) is 13.4. The Balaban J connectivity index is 1.83. The molecular weight excluding hydrogens is 335 g/mol. The Bertz CT molecular complexity index is 736. The van der Waals surface area contributed by atoms with Crippen LogP contribution in [-0.4, -0.2) is 49.5 Å². The van der Waals surface area contributed by atoms with E-state index < -0.39 is 45.3 Å². The van der Waals surface area contributed by atoms with Crippen LogP contribution >= 0.6 is 11.8 Å². The lowest BCUT2D eigenvalue weighted by atomic mass is 9.86. The molecule has 2 fully saturated rings. The molecule has 2 heterocycles. The number of hydrogen-bond donors (Lipinski definition) is 2. The van der Waals surface area contributed by atoms with Crippen molar-refractivity contribution >= 4 is 29.5 Å². The van der Waals surface area contributed by atoms with E-state index in [1.165, 1.54) is 40.9 Å². The molecule has 0 unspecified atom stereocenters. The molecular formula is C16H17FN2O4S. The Kier molecular flexibility index (Phi) is 3.63. The maximum atomic E-state index is 13.0. The van der Waals surface area contributed by atoms with Crippen LogP contribution in [0.2, 0.25) is 0 Å². The third kappa shape index (κ3) is 2.28. The minimum atomic E-state index is -1.18. The minimum absolute atomic E-state index is 0.237. The van der Waals surface area contributed by atoms with Crippen LogP contribution < -0.4 is 5.32 Å². The molecule has 128 valence electrons. The number of halogens is 1. The average molecular weight is 352 g/mol. The molecule has 0 bridgehead atoms. The number of rotatable bonds is 3. The molecule has 3 rings (SSSR count). The number of nitrogens with zero attached hydrogens (tertiary/aromatic N) is 1. The number of aliphatic carboxylic acids is 1. The second-order valence-corrected chi connectivity index (χ2v) is 8.42. The summed E-state index contributed by atoms with van der Waals surface area (Å²) in [7, 11) is 0. The fourth-order valence-electron chi connectivity index (χ4n) is 3.25. The fraction of sp³-hybridized carbons (Fsp3) is 0.438. The van der Waals surface area contributed by atoms with E-state index in [4.69, 9.17) is 0 Å². The van der Waals surface area contributed by atoms with Crippen molar-refractivity contribution in [3.8, 4) is 0 Å². The van der Waals surface area contributed by atoms with E-state index in [0.29, 0.717) is 0 Å². The van der Waals surface area contributed by atoms with E-state index in [1.54, 1.807) is 20.8 Å². The number of β-lactam (4-membered cyclic amide) rings is 1. The molecule has 3 atom stereocenters. The average Bonchev–Trinajstić information content (AvgIpc) is 2.77. The lowest BCUT2D eigenvalue weighted by Crippen LogP contribution is -2.78. The summed E-state index contributed by atoms with van der Waals surface area (Å²) in [6.07, 6.45) is 0. The summed E-state index contributed by atoms with van der Waals surface area (Å²) in [6, 6.07) is 4.07. The van der Waals surface area contributed by atoms with E-state index >= 15 is 0 Å². The molecule has 8 heteroatoms. The highest BCUT2D eigenvalue weighted by molar-refractivity contribution is 8.01. The van der Waals surface area contributed by atoms with Crippen molar-refractivity contribution in [1.82, 2.24) is 10.2 Å². The van der Waals surface area contributed by atoms with Gasteiger partial charge in [-0.1, -0.05) is 0 Å². The highest BCUT2D eigenvalue weighted by atomic mass is 32.2. The van der Waals surface area contributed by atoms with E-state index in [0.717, 1.165) is 0 Å². The first kappa shape index (κ1) is 16.8. The lowest BCUT2D eigenvalue weighted by molar-refractivity contribution is -0.165. The molecule has 0 aromatic heterocycles. The van der Waals surface area contributed by atoms with Gasteiger partial charge < -0.3 is 15.3 Å². The number of fused-ring (bicyclic) bond motifs is 1. The molecule has 0 radical (unpaired) electrons. The van der Waals surface area contributed by atoms with Crippen molar-refractivity contribution in [2.24, 2.45) is 0 Å². The zero-order chi connectivity index (χ0) is 17.9. The largest absolute Gasteiger partial charge is 0.480 e. The van der Waals surface area contributed by atoms with Gasteiger partial charge in [-0.25, -0.2) is 9.18 Å². The van der Waals surface area contributed by atoms with Crippen LogP contribution in [0.4, 0.5) is 4.39 Å². The number of benzene rings is 1. The first-order chi connectivity index (χ1) is 11.1. The van der Waals surface area contributed by atoms with Gasteiger partial charge in [-0.15, -0.1) is 11.8 Å². The van der Waals surface area contributed by atoms with Gasteiger partial charge in [0.05, 0.1) is 0 Å². The molecule has 24 heavy (non-hydrogen) atoms. The van der Waals surface area contributed by atoms with E-state index in [9.17, 15) is 23.9 Å². The van der Waals surface area contributed by atoms with Crippen LogP contribution in [-0.2, 0) is 9.59 Å². The number of nitrogens with one attached hydrogen (secondary N) is 1. The molecule has 6 nitrogen and oxygen atoms in total. The van der Waals surface area contributed by atoms with Crippen LogP contribution in [0.25, 0.3) is 0 Å². The summed E-state index contributed by atoms with van der Waals surface area (Å²) in [4.78, 5) is 37.7. The standard InChI is InChI=1S/C16H17FN2O4S/c1-15(2)10(12(21)22)19-13(23)16(3,14(19)24-15)18-11(20)8-4-6-9(17)7-5-8/h4-7,10,14H,1-3H3,(H,18,20)(H,21,22)/t10-,14+,16-/m0/s1. The summed E-state index contributed by atoms with van der Waals surface area (Å²) in [5, 5.41) is 11.6. The SMILES string of the molecule is CC1(C)S[C@H]2N(C(=O)[C@]2(C)NC(=O)c2ccc(F)cc2)[C@H]1C(=O)O. The highest BCUT2D eigenvalue weighted by Crippen LogP contribution is 2.54. The predicted octanol–water partition coefficient (Wildman–Crippen LogP) is 1.46. The van der Waals surface area contributed by atoms with Crippen molar-refractivity contribution in [2.45, 2.75) is 42.5 Å². The third-order valence-electron chi connectivity index (χ3n) is 4.49. The number of carbonyl (C=O) groups is 3. The molecule has 2 amide bonds.